The maximum absolute atomic E-state index is 9.42. The number of aromatic hydroxyl groups is 1. The van der Waals surface area contributed by atoms with Crippen LogP contribution in [0, 0.1) is 5.92 Å². The molecule has 0 spiro atoms. The van der Waals surface area contributed by atoms with Crippen molar-refractivity contribution in [1.29, 1.82) is 0 Å². The Kier molecular flexibility index (Phi) is 6.52. The molecular weight excluding hydrogens is 306 g/mol. The van der Waals surface area contributed by atoms with Crippen molar-refractivity contribution in [3.8, 4) is 5.75 Å². The van der Waals surface area contributed by atoms with Crippen LogP contribution in [0.15, 0.2) is 54.6 Å². The van der Waals surface area contributed by atoms with Crippen LogP contribution in [-0.2, 0) is 6.42 Å². The molecule has 2 N–H and O–H groups in total. The zero-order valence-corrected chi connectivity index (χ0v) is 15.3. The van der Waals surface area contributed by atoms with Crippen LogP contribution < -0.4 is 5.32 Å². The van der Waals surface area contributed by atoms with Crippen molar-refractivity contribution in [2.75, 3.05) is 6.54 Å². The molecule has 0 aliphatic heterocycles. The summed E-state index contributed by atoms with van der Waals surface area (Å²) in [6.45, 7) is 3.31. The van der Waals surface area contributed by atoms with Crippen LogP contribution in [0.4, 0.5) is 0 Å². The summed E-state index contributed by atoms with van der Waals surface area (Å²) in [5.41, 5.74) is 2.76. The lowest BCUT2D eigenvalue weighted by Gasteiger charge is -2.32. The molecule has 0 saturated heterocycles. The minimum Gasteiger partial charge on any atom is -0.508 e. The Balaban J connectivity index is 1.60. The first-order valence-electron chi connectivity index (χ1n) is 9.78. The Hall–Kier alpha value is -1.80. The standard InChI is InChI=1S/C23H31NO/c1-18(16-19-12-14-22(25)15-13-19)24-17-23(20-8-4-2-5-9-20)21-10-6-3-7-11-21/h2,4-5,8-9,12-15,18,21,23-25H,3,6-7,10-11,16-17H2,1H3. The Morgan fingerprint density at radius 2 is 1.64 bits per heavy atom. The van der Waals surface area contributed by atoms with Crippen LogP contribution in [0.2, 0.25) is 0 Å². The van der Waals surface area contributed by atoms with Crippen LogP contribution in [-0.4, -0.2) is 17.7 Å². The molecule has 0 radical (unpaired) electrons. The van der Waals surface area contributed by atoms with E-state index in [1.165, 1.54) is 43.2 Å². The second-order valence-electron chi connectivity index (χ2n) is 7.60. The first-order chi connectivity index (χ1) is 12.2. The minimum atomic E-state index is 0.339. The van der Waals surface area contributed by atoms with Crippen molar-refractivity contribution >= 4 is 0 Å². The molecule has 2 aromatic carbocycles. The highest BCUT2D eigenvalue weighted by Gasteiger charge is 2.25. The number of phenols is 1. The third kappa shape index (κ3) is 5.34. The first-order valence-corrected chi connectivity index (χ1v) is 9.78. The molecular formula is C23H31NO. The van der Waals surface area contributed by atoms with E-state index in [4.69, 9.17) is 0 Å². The number of rotatable bonds is 7. The molecule has 134 valence electrons. The molecule has 2 atom stereocenters. The van der Waals surface area contributed by atoms with Crippen LogP contribution >= 0.6 is 0 Å². The van der Waals surface area contributed by atoms with E-state index in [1.54, 1.807) is 12.1 Å². The molecule has 2 heteroatoms. The summed E-state index contributed by atoms with van der Waals surface area (Å²) in [7, 11) is 0. The Bertz CT molecular complexity index is 616. The second kappa shape index (κ2) is 9.05. The molecule has 3 rings (SSSR count). The topological polar surface area (TPSA) is 32.3 Å². The molecule has 2 unspecified atom stereocenters. The van der Waals surface area contributed by atoms with Gasteiger partial charge in [-0.2, -0.15) is 0 Å². The number of hydrogen-bond acceptors (Lipinski definition) is 2. The van der Waals surface area contributed by atoms with Gasteiger partial charge in [-0.25, -0.2) is 0 Å². The van der Waals surface area contributed by atoms with Crippen molar-refractivity contribution in [1.82, 2.24) is 5.32 Å². The van der Waals surface area contributed by atoms with Crippen LogP contribution in [0.5, 0.6) is 5.75 Å². The monoisotopic (exact) mass is 337 g/mol. The fraction of sp³-hybridized carbons (Fsp3) is 0.478. The zero-order chi connectivity index (χ0) is 17.5. The molecule has 0 amide bonds. The summed E-state index contributed by atoms with van der Waals surface area (Å²) in [6, 6.07) is 19.1. The molecule has 1 aliphatic carbocycles. The fourth-order valence-corrected chi connectivity index (χ4v) is 4.18. The molecule has 1 aliphatic rings. The highest BCUT2D eigenvalue weighted by Crippen LogP contribution is 2.35. The molecule has 0 bridgehead atoms. The van der Waals surface area contributed by atoms with Gasteiger partial charge in [-0.1, -0.05) is 61.7 Å². The average molecular weight is 338 g/mol. The van der Waals surface area contributed by atoms with Gasteiger partial charge in [0.1, 0.15) is 5.75 Å². The van der Waals surface area contributed by atoms with E-state index in [0.717, 1.165) is 18.9 Å². The number of phenolic OH excluding ortho intramolecular Hbond substituents is 1. The first kappa shape index (κ1) is 18.0. The molecule has 1 fully saturated rings. The minimum absolute atomic E-state index is 0.339. The average Bonchev–Trinajstić information content (AvgIpc) is 2.66. The van der Waals surface area contributed by atoms with Gasteiger partial charge >= 0.3 is 0 Å². The lowest BCUT2D eigenvalue weighted by molar-refractivity contribution is 0.291. The van der Waals surface area contributed by atoms with E-state index in [9.17, 15) is 5.11 Å². The summed E-state index contributed by atoms with van der Waals surface area (Å²) in [5, 5.41) is 13.2. The number of hydrogen-bond donors (Lipinski definition) is 2. The third-order valence-corrected chi connectivity index (χ3v) is 5.61. The van der Waals surface area contributed by atoms with Crippen LogP contribution in [0.3, 0.4) is 0 Å². The van der Waals surface area contributed by atoms with E-state index in [2.05, 4.69) is 42.6 Å². The van der Waals surface area contributed by atoms with E-state index in [-0.39, 0.29) is 0 Å². The van der Waals surface area contributed by atoms with Gasteiger partial charge in [-0.3, -0.25) is 0 Å². The highest BCUT2D eigenvalue weighted by atomic mass is 16.3. The maximum atomic E-state index is 9.42. The predicted molar refractivity (Wildman–Crippen MR) is 105 cm³/mol. The Morgan fingerprint density at radius 3 is 2.32 bits per heavy atom. The normalized spacial score (nSPS) is 18.0. The molecule has 2 aromatic rings. The van der Waals surface area contributed by atoms with Crippen LogP contribution in [0.1, 0.15) is 56.1 Å². The lowest BCUT2D eigenvalue weighted by atomic mass is 9.76. The van der Waals surface area contributed by atoms with Crippen LogP contribution in [0.25, 0.3) is 0 Å². The van der Waals surface area contributed by atoms with Crippen molar-refractivity contribution in [3.63, 3.8) is 0 Å². The number of benzene rings is 2. The van der Waals surface area contributed by atoms with Gasteiger partial charge in [0.2, 0.25) is 0 Å². The summed E-state index contributed by atoms with van der Waals surface area (Å²) in [6.07, 6.45) is 7.91. The maximum Gasteiger partial charge on any atom is 0.115 e. The van der Waals surface area contributed by atoms with Gasteiger partial charge in [-0.15, -0.1) is 0 Å². The SMILES string of the molecule is CC(Cc1ccc(O)cc1)NCC(c1ccccc1)C1CCCCC1. The fourth-order valence-electron chi connectivity index (χ4n) is 4.18. The smallest absolute Gasteiger partial charge is 0.115 e. The zero-order valence-electron chi connectivity index (χ0n) is 15.3. The van der Waals surface area contributed by atoms with Gasteiger partial charge in [0.05, 0.1) is 0 Å². The van der Waals surface area contributed by atoms with Gasteiger partial charge in [0.25, 0.3) is 0 Å². The highest BCUT2D eigenvalue weighted by molar-refractivity contribution is 5.26. The molecule has 2 nitrogen and oxygen atoms in total. The van der Waals surface area contributed by atoms with Gasteiger partial charge < -0.3 is 10.4 Å². The van der Waals surface area contributed by atoms with Crippen molar-refractivity contribution < 1.29 is 5.11 Å². The van der Waals surface area contributed by atoms with E-state index in [1.807, 2.05) is 12.1 Å². The summed E-state index contributed by atoms with van der Waals surface area (Å²) in [4.78, 5) is 0. The molecule has 0 aromatic heterocycles. The van der Waals surface area contributed by atoms with E-state index >= 15 is 0 Å². The molecule has 1 saturated carbocycles. The Labute approximate surface area is 152 Å². The predicted octanol–water partition coefficient (Wildman–Crippen LogP) is 5.28. The van der Waals surface area contributed by atoms with E-state index < -0.39 is 0 Å². The van der Waals surface area contributed by atoms with Gasteiger partial charge in [0.15, 0.2) is 0 Å². The molecule has 25 heavy (non-hydrogen) atoms. The Morgan fingerprint density at radius 1 is 0.960 bits per heavy atom. The largest absolute Gasteiger partial charge is 0.508 e. The molecule has 0 heterocycles. The van der Waals surface area contributed by atoms with Crippen molar-refractivity contribution in [3.05, 3.63) is 65.7 Å². The van der Waals surface area contributed by atoms with E-state index in [0.29, 0.717) is 17.7 Å². The van der Waals surface area contributed by atoms with Crippen molar-refractivity contribution in [2.45, 2.75) is 57.4 Å². The third-order valence-electron chi connectivity index (χ3n) is 5.61. The second-order valence-corrected chi connectivity index (χ2v) is 7.60. The van der Waals surface area contributed by atoms with Crippen molar-refractivity contribution in [2.24, 2.45) is 5.92 Å². The summed E-state index contributed by atoms with van der Waals surface area (Å²) >= 11 is 0. The van der Waals surface area contributed by atoms with Gasteiger partial charge in [0, 0.05) is 12.6 Å². The quantitative estimate of drug-likeness (QED) is 0.721. The summed E-state index contributed by atoms with van der Waals surface area (Å²) < 4.78 is 0. The summed E-state index contributed by atoms with van der Waals surface area (Å²) in [5.74, 6) is 1.76. The van der Waals surface area contributed by atoms with Gasteiger partial charge in [-0.05, 0) is 61.3 Å². The lowest BCUT2D eigenvalue weighted by Crippen LogP contribution is -2.35. The number of nitrogens with one attached hydrogen (secondary N) is 1.